The van der Waals surface area contributed by atoms with Gasteiger partial charge in [-0.15, -0.1) is 0 Å². The molecular formula is H3O4S+. The van der Waals surface area contributed by atoms with E-state index in [0.717, 1.165) is 0 Å². The van der Waals surface area contributed by atoms with Crippen LogP contribution >= 0.6 is 0 Å². The van der Waals surface area contributed by atoms with Crippen molar-refractivity contribution < 1.29 is 18.9 Å². The molecule has 0 aromatic rings. The molecule has 0 bridgehead atoms. The lowest BCUT2D eigenvalue weighted by Crippen LogP contribution is -1.89. The highest BCUT2D eigenvalue weighted by molar-refractivity contribution is 7.79. The van der Waals surface area contributed by atoms with Crippen molar-refractivity contribution in [2.75, 3.05) is 0 Å². The maximum Gasteiger partial charge on any atom is 1.00 e. The maximum absolute atomic E-state index is 8.74. The summed E-state index contributed by atoms with van der Waals surface area (Å²) in [5.41, 5.74) is 0. The third-order valence-corrected chi connectivity index (χ3v) is 0. The molecule has 0 unspecified atom stereocenters. The fraction of sp³-hybridized carbons (Fsp3) is 0. The van der Waals surface area contributed by atoms with E-state index in [1.54, 1.807) is 0 Å². The van der Waals surface area contributed by atoms with Gasteiger partial charge in [0.25, 0.3) is 0 Å². The monoisotopic (exact) mass is 99.0 g/mol. The molecule has 0 amide bonds. The molecule has 0 aliphatic carbocycles. The van der Waals surface area contributed by atoms with Gasteiger partial charge in [-0.25, -0.2) is 0 Å². The van der Waals surface area contributed by atoms with Crippen molar-refractivity contribution in [3.8, 4) is 0 Å². The summed E-state index contributed by atoms with van der Waals surface area (Å²) >= 11 is 0. The molecule has 0 aromatic heterocycles. The van der Waals surface area contributed by atoms with E-state index < -0.39 is 10.4 Å². The summed E-state index contributed by atoms with van der Waals surface area (Å²) in [6.07, 6.45) is 0. The summed E-state index contributed by atoms with van der Waals surface area (Å²) in [5, 5.41) is 0. The Bertz CT molecular complexity index is 90.7. The lowest BCUT2D eigenvalue weighted by Gasteiger charge is -1.68. The van der Waals surface area contributed by atoms with Crippen LogP contribution < -0.4 is 0 Å². The van der Waals surface area contributed by atoms with Crippen LogP contribution in [0.5, 0.6) is 0 Å². The molecule has 0 aliphatic rings. The van der Waals surface area contributed by atoms with Crippen LogP contribution in [0.3, 0.4) is 0 Å². The average molecular weight is 99.1 g/mol. The zero-order valence-electron chi connectivity index (χ0n) is 3.12. The van der Waals surface area contributed by atoms with Gasteiger partial charge in [-0.3, -0.25) is 9.11 Å². The quantitative estimate of drug-likeness (QED) is 0.400. The predicted octanol–water partition coefficient (Wildman–Crippen LogP) is -0.540. The van der Waals surface area contributed by atoms with Crippen LogP contribution in [-0.4, -0.2) is 17.5 Å². The normalized spacial score (nSPS) is 11.6. The summed E-state index contributed by atoms with van der Waals surface area (Å²) in [4.78, 5) is 0. The van der Waals surface area contributed by atoms with E-state index in [9.17, 15) is 0 Å². The van der Waals surface area contributed by atoms with E-state index in [0.29, 0.717) is 0 Å². The van der Waals surface area contributed by atoms with E-state index >= 15 is 0 Å². The summed E-state index contributed by atoms with van der Waals surface area (Å²) in [7, 11) is -4.67. The summed E-state index contributed by atoms with van der Waals surface area (Å²) in [6, 6.07) is 0. The molecule has 0 radical (unpaired) electrons. The highest BCUT2D eigenvalue weighted by Gasteiger charge is 1.84. The topological polar surface area (TPSA) is 74.6 Å². The number of rotatable bonds is 0. The second-order valence-corrected chi connectivity index (χ2v) is 1.34. The molecule has 2 N–H and O–H groups in total. The van der Waals surface area contributed by atoms with Crippen LogP contribution in [0.15, 0.2) is 0 Å². The lowest BCUT2D eigenvalue weighted by atomic mass is 15.8. The second-order valence-electron chi connectivity index (χ2n) is 0.448. The van der Waals surface area contributed by atoms with Gasteiger partial charge in [0.15, 0.2) is 0 Å². The van der Waals surface area contributed by atoms with E-state index in [2.05, 4.69) is 0 Å². The van der Waals surface area contributed by atoms with Crippen LogP contribution in [-0.2, 0) is 10.4 Å². The molecule has 5 heavy (non-hydrogen) atoms. The molecule has 0 saturated heterocycles. The first-order valence-corrected chi connectivity index (χ1v) is 2.10. The Morgan fingerprint density at radius 1 is 1.40 bits per heavy atom. The van der Waals surface area contributed by atoms with Crippen molar-refractivity contribution in [3.05, 3.63) is 0 Å². The predicted molar refractivity (Wildman–Crippen MR) is 15.3 cm³/mol. The van der Waals surface area contributed by atoms with Gasteiger partial charge >= 0.3 is 11.8 Å². The van der Waals surface area contributed by atoms with Crippen molar-refractivity contribution >= 4 is 10.4 Å². The average Bonchev–Trinajstić information content (AvgIpc) is 0.722. The minimum absolute atomic E-state index is 0. The molecule has 0 fully saturated rings. The highest BCUT2D eigenvalue weighted by atomic mass is 32.3. The number of hydrogen-bond acceptors (Lipinski definition) is 2. The van der Waals surface area contributed by atoms with Crippen LogP contribution in [0.4, 0.5) is 0 Å². The minimum Gasteiger partial charge on any atom is -0.264 e. The Morgan fingerprint density at radius 2 is 1.40 bits per heavy atom. The Balaban J connectivity index is 0. The van der Waals surface area contributed by atoms with Crippen molar-refractivity contribution in [1.29, 1.82) is 0 Å². The van der Waals surface area contributed by atoms with Crippen molar-refractivity contribution in [2.45, 2.75) is 0 Å². The van der Waals surface area contributed by atoms with Crippen LogP contribution in [0.1, 0.15) is 1.43 Å². The molecule has 4 nitrogen and oxygen atoms in total. The Labute approximate surface area is 30.5 Å². The largest absolute Gasteiger partial charge is 1.00 e. The Hall–Kier alpha value is -0.130. The van der Waals surface area contributed by atoms with E-state index in [4.69, 9.17) is 17.5 Å². The molecule has 0 aliphatic heterocycles. The van der Waals surface area contributed by atoms with Crippen LogP contribution in [0.2, 0.25) is 0 Å². The van der Waals surface area contributed by atoms with Crippen LogP contribution in [0, 0.1) is 0 Å². The van der Waals surface area contributed by atoms with Gasteiger partial charge < -0.3 is 0 Å². The fourth-order valence-electron chi connectivity index (χ4n) is 0. The fourth-order valence-corrected chi connectivity index (χ4v) is 0. The SMILES string of the molecule is O=S(=O)(O)O.[H+]. The molecule has 0 spiro atoms. The third kappa shape index (κ3) is 801. The molecule has 5 heteroatoms. The first-order valence-electron chi connectivity index (χ1n) is 0.698. The zero-order chi connectivity index (χ0) is 4.50. The first kappa shape index (κ1) is 4.87. The van der Waals surface area contributed by atoms with Gasteiger partial charge in [0.2, 0.25) is 0 Å². The smallest absolute Gasteiger partial charge is 0.264 e. The Morgan fingerprint density at radius 3 is 1.40 bits per heavy atom. The summed E-state index contributed by atoms with van der Waals surface area (Å²) in [6.45, 7) is 0. The third-order valence-electron chi connectivity index (χ3n) is 0. The van der Waals surface area contributed by atoms with Gasteiger partial charge in [-0.2, -0.15) is 8.42 Å². The standard InChI is InChI=1S/H2O4S/c1-5(2,3)4/h(H2,1,2,3,4)/p+1. The van der Waals surface area contributed by atoms with Gasteiger partial charge in [-0.05, 0) is 0 Å². The molecular weight excluding hydrogens is 96.1 g/mol. The minimum atomic E-state index is -4.67. The van der Waals surface area contributed by atoms with Crippen molar-refractivity contribution in [1.82, 2.24) is 0 Å². The van der Waals surface area contributed by atoms with Gasteiger partial charge in [0, 0.05) is 0 Å². The highest BCUT2D eigenvalue weighted by Crippen LogP contribution is 1.59. The molecule has 0 atom stereocenters. The molecule has 0 rings (SSSR count). The van der Waals surface area contributed by atoms with Crippen molar-refractivity contribution in [2.24, 2.45) is 0 Å². The first-order chi connectivity index (χ1) is 2.00. The van der Waals surface area contributed by atoms with Crippen LogP contribution in [0.25, 0.3) is 0 Å². The molecule has 0 saturated carbocycles. The molecule has 0 aromatic carbocycles. The van der Waals surface area contributed by atoms with Gasteiger partial charge in [0.1, 0.15) is 0 Å². The van der Waals surface area contributed by atoms with E-state index in [1.165, 1.54) is 0 Å². The second kappa shape index (κ2) is 0.925. The number of hydrogen-bond donors (Lipinski definition) is 2. The van der Waals surface area contributed by atoms with E-state index in [1.807, 2.05) is 0 Å². The van der Waals surface area contributed by atoms with E-state index in [-0.39, 0.29) is 1.43 Å². The summed E-state index contributed by atoms with van der Waals surface area (Å²) < 4.78 is 31.6. The zero-order valence-corrected chi connectivity index (χ0v) is 2.94. The van der Waals surface area contributed by atoms with Gasteiger partial charge in [0.05, 0.1) is 0 Å². The van der Waals surface area contributed by atoms with Gasteiger partial charge in [-0.1, -0.05) is 0 Å². The Kier molecular flexibility index (Phi) is 0.901. The summed E-state index contributed by atoms with van der Waals surface area (Å²) in [5.74, 6) is 0. The van der Waals surface area contributed by atoms with Crippen molar-refractivity contribution in [3.63, 3.8) is 0 Å². The molecule has 32 valence electrons. The lowest BCUT2D eigenvalue weighted by molar-refractivity contribution is 0.381. The maximum atomic E-state index is 8.74. The molecule has 0 heterocycles.